The van der Waals surface area contributed by atoms with Crippen molar-refractivity contribution in [2.75, 3.05) is 52.9 Å². The lowest BCUT2D eigenvalue weighted by atomic mass is 10.1. The summed E-state index contributed by atoms with van der Waals surface area (Å²) in [6.07, 6.45) is 1.46. The van der Waals surface area contributed by atoms with E-state index in [0.29, 0.717) is 87.3 Å². The summed E-state index contributed by atoms with van der Waals surface area (Å²) >= 11 is 0. The zero-order chi connectivity index (χ0) is 22.2. The second-order valence-corrected chi connectivity index (χ2v) is 6.34. The van der Waals surface area contributed by atoms with Crippen molar-refractivity contribution >= 4 is 12.6 Å². The van der Waals surface area contributed by atoms with Crippen LogP contribution in [0.1, 0.15) is 26.3 Å². The minimum atomic E-state index is -0.126. The number of rotatable bonds is 17. The van der Waals surface area contributed by atoms with Gasteiger partial charge in [0.25, 0.3) is 0 Å². The van der Waals surface area contributed by atoms with E-state index >= 15 is 0 Å². The lowest BCUT2D eigenvalue weighted by Gasteiger charge is -2.10. The average Bonchev–Trinajstić information content (AvgIpc) is 2.82. The maximum Gasteiger partial charge on any atom is 0.153 e. The number of para-hydroxylation sites is 1. The van der Waals surface area contributed by atoms with Gasteiger partial charge in [-0.2, -0.15) is 0 Å². The van der Waals surface area contributed by atoms with E-state index in [1.165, 1.54) is 0 Å². The van der Waals surface area contributed by atoms with Crippen molar-refractivity contribution in [2.24, 2.45) is 0 Å². The summed E-state index contributed by atoms with van der Waals surface area (Å²) in [6.45, 7) is 2.99. The van der Waals surface area contributed by atoms with Crippen LogP contribution >= 0.6 is 0 Å². The highest BCUT2D eigenvalue weighted by Crippen LogP contribution is 2.18. The molecule has 0 aliphatic carbocycles. The fourth-order valence-corrected chi connectivity index (χ4v) is 2.59. The molecule has 0 unspecified atom stereocenters. The molecule has 8 nitrogen and oxygen atoms in total. The fraction of sp³-hybridized carbons (Fsp3) is 0.391. The number of carbonyl (C=O) groups is 2. The van der Waals surface area contributed by atoms with Gasteiger partial charge in [-0.3, -0.25) is 9.59 Å². The molecule has 0 fully saturated rings. The van der Waals surface area contributed by atoms with Gasteiger partial charge in [0, 0.05) is 0 Å². The first-order valence-electron chi connectivity index (χ1n) is 10.0. The first kappa shape index (κ1) is 24.5. The summed E-state index contributed by atoms with van der Waals surface area (Å²) < 4.78 is 27.3. The van der Waals surface area contributed by atoms with Crippen LogP contribution in [0.5, 0.6) is 11.5 Å². The minimum absolute atomic E-state index is 0.126. The highest BCUT2D eigenvalue weighted by Gasteiger charge is 2.04. The summed E-state index contributed by atoms with van der Waals surface area (Å²) in [6, 6.07) is 12.0. The third kappa shape index (κ3) is 9.27. The van der Waals surface area contributed by atoms with Crippen molar-refractivity contribution in [3.05, 3.63) is 59.2 Å². The van der Waals surface area contributed by atoms with Gasteiger partial charge in [0.2, 0.25) is 0 Å². The van der Waals surface area contributed by atoms with Gasteiger partial charge >= 0.3 is 0 Å². The Labute approximate surface area is 181 Å². The Kier molecular flexibility index (Phi) is 11.9. The van der Waals surface area contributed by atoms with E-state index in [9.17, 15) is 9.59 Å². The van der Waals surface area contributed by atoms with Crippen molar-refractivity contribution in [1.82, 2.24) is 0 Å². The van der Waals surface area contributed by atoms with Crippen LogP contribution in [0.2, 0.25) is 0 Å². The summed E-state index contributed by atoms with van der Waals surface area (Å²) in [5.74, 6) is 1.01. The standard InChI is InChI=1S/C23H28O8/c24-16-19-5-6-23(21(15-19)18-26)31-14-12-29-10-8-27-7-9-28-11-13-30-22-4-2-1-3-20(22)17-25/h1-6,15,17-18,24H,7-14,16H2. The lowest BCUT2D eigenvalue weighted by molar-refractivity contribution is 0.00494. The van der Waals surface area contributed by atoms with E-state index in [2.05, 4.69) is 0 Å². The van der Waals surface area contributed by atoms with Crippen LogP contribution in [0.15, 0.2) is 42.5 Å². The number of aliphatic hydroxyl groups is 1. The molecule has 2 rings (SSSR count). The molecule has 0 saturated heterocycles. The molecule has 8 heteroatoms. The second-order valence-electron chi connectivity index (χ2n) is 6.34. The van der Waals surface area contributed by atoms with E-state index in [1.807, 2.05) is 6.07 Å². The smallest absolute Gasteiger partial charge is 0.153 e. The molecule has 2 aromatic rings. The summed E-state index contributed by atoms with van der Waals surface area (Å²) in [5, 5.41) is 9.09. The van der Waals surface area contributed by atoms with Gasteiger partial charge in [0.15, 0.2) is 12.6 Å². The molecule has 0 aliphatic rings. The van der Waals surface area contributed by atoms with Crippen molar-refractivity contribution in [2.45, 2.75) is 6.61 Å². The average molecular weight is 432 g/mol. The Morgan fingerprint density at radius 1 is 0.645 bits per heavy atom. The van der Waals surface area contributed by atoms with Crippen LogP contribution in [0, 0.1) is 0 Å². The second kappa shape index (κ2) is 15.1. The number of hydrogen-bond acceptors (Lipinski definition) is 8. The molecule has 31 heavy (non-hydrogen) atoms. The van der Waals surface area contributed by atoms with Crippen LogP contribution in [-0.4, -0.2) is 70.5 Å². The van der Waals surface area contributed by atoms with Crippen molar-refractivity contribution in [3.8, 4) is 11.5 Å². The van der Waals surface area contributed by atoms with Gasteiger partial charge in [-0.1, -0.05) is 18.2 Å². The van der Waals surface area contributed by atoms with E-state index in [4.69, 9.17) is 28.8 Å². The van der Waals surface area contributed by atoms with Crippen LogP contribution in [0.4, 0.5) is 0 Å². The SMILES string of the molecule is O=Cc1ccccc1OCCOCCOCCOCCOc1ccc(CO)cc1C=O. The summed E-state index contributed by atoms with van der Waals surface area (Å²) in [7, 11) is 0. The topological polar surface area (TPSA) is 101 Å². The molecule has 0 aromatic heterocycles. The fourth-order valence-electron chi connectivity index (χ4n) is 2.59. The Morgan fingerprint density at radius 3 is 1.71 bits per heavy atom. The molecule has 0 saturated carbocycles. The molecule has 0 amide bonds. The van der Waals surface area contributed by atoms with Gasteiger partial charge in [0.1, 0.15) is 24.7 Å². The molecule has 0 heterocycles. The molecular weight excluding hydrogens is 404 g/mol. The van der Waals surface area contributed by atoms with Crippen molar-refractivity contribution in [1.29, 1.82) is 0 Å². The van der Waals surface area contributed by atoms with E-state index in [0.717, 1.165) is 6.29 Å². The zero-order valence-electron chi connectivity index (χ0n) is 17.4. The zero-order valence-corrected chi connectivity index (χ0v) is 17.4. The summed E-state index contributed by atoms with van der Waals surface area (Å²) in [5.41, 5.74) is 1.57. The quantitative estimate of drug-likeness (QED) is 0.300. The van der Waals surface area contributed by atoms with Crippen LogP contribution in [0.25, 0.3) is 0 Å². The third-order valence-corrected chi connectivity index (χ3v) is 4.14. The molecule has 0 radical (unpaired) electrons. The predicted octanol–water partition coefficient (Wildman–Crippen LogP) is 2.31. The van der Waals surface area contributed by atoms with Crippen molar-refractivity contribution in [3.63, 3.8) is 0 Å². The first-order valence-corrected chi connectivity index (χ1v) is 10.0. The molecule has 0 atom stereocenters. The monoisotopic (exact) mass is 432 g/mol. The largest absolute Gasteiger partial charge is 0.490 e. The van der Waals surface area contributed by atoms with E-state index in [1.54, 1.807) is 36.4 Å². The molecular formula is C23H28O8. The van der Waals surface area contributed by atoms with Gasteiger partial charge in [-0.25, -0.2) is 0 Å². The predicted molar refractivity (Wildman–Crippen MR) is 113 cm³/mol. The van der Waals surface area contributed by atoms with Gasteiger partial charge in [-0.05, 0) is 29.8 Å². The number of hydrogen-bond donors (Lipinski definition) is 1. The molecule has 0 bridgehead atoms. The van der Waals surface area contributed by atoms with Gasteiger partial charge in [-0.15, -0.1) is 0 Å². The number of benzene rings is 2. The number of ether oxygens (including phenoxy) is 5. The molecule has 168 valence electrons. The Balaban J connectivity index is 1.42. The number of aldehydes is 2. The lowest BCUT2D eigenvalue weighted by Crippen LogP contribution is -2.14. The minimum Gasteiger partial charge on any atom is -0.490 e. The van der Waals surface area contributed by atoms with Crippen LogP contribution in [0.3, 0.4) is 0 Å². The van der Waals surface area contributed by atoms with Crippen LogP contribution in [-0.2, 0) is 20.8 Å². The highest BCUT2D eigenvalue weighted by atomic mass is 16.6. The first-order chi connectivity index (χ1) is 15.3. The van der Waals surface area contributed by atoms with Crippen LogP contribution < -0.4 is 9.47 Å². The van der Waals surface area contributed by atoms with Crippen molar-refractivity contribution < 1.29 is 38.4 Å². The molecule has 2 aromatic carbocycles. The Hall–Kier alpha value is -2.78. The van der Waals surface area contributed by atoms with E-state index in [-0.39, 0.29) is 6.61 Å². The number of carbonyl (C=O) groups excluding carboxylic acids is 2. The Bertz CT molecular complexity index is 793. The van der Waals surface area contributed by atoms with Gasteiger partial charge in [0.05, 0.1) is 57.4 Å². The van der Waals surface area contributed by atoms with Gasteiger partial charge < -0.3 is 28.8 Å². The maximum absolute atomic E-state index is 11.1. The third-order valence-electron chi connectivity index (χ3n) is 4.14. The molecule has 1 N–H and O–H groups in total. The molecule has 0 aliphatic heterocycles. The van der Waals surface area contributed by atoms with E-state index < -0.39 is 0 Å². The normalized spacial score (nSPS) is 10.6. The number of aliphatic hydroxyl groups excluding tert-OH is 1. The molecule has 0 spiro atoms. The Morgan fingerprint density at radius 2 is 1.16 bits per heavy atom. The highest BCUT2D eigenvalue weighted by molar-refractivity contribution is 5.79. The summed E-state index contributed by atoms with van der Waals surface area (Å²) in [4.78, 5) is 22.0. The maximum atomic E-state index is 11.1.